The van der Waals surface area contributed by atoms with E-state index in [1.807, 2.05) is 62.4 Å². The average Bonchev–Trinajstić information content (AvgIpc) is 3.25. The molecule has 1 saturated heterocycles. The van der Waals surface area contributed by atoms with Gasteiger partial charge in [-0.2, -0.15) is 0 Å². The Hall–Kier alpha value is -2.76. The van der Waals surface area contributed by atoms with Crippen molar-refractivity contribution in [2.24, 2.45) is 4.99 Å². The largest absolute Gasteiger partial charge is 0.457 e. The number of aryl methyl sites for hydroxylation is 2. The number of halogens is 1. The summed E-state index contributed by atoms with van der Waals surface area (Å²) in [6.07, 6.45) is 1.73. The van der Waals surface area contributed by atoms with Gasteiger partial charge in [-0.15, -0.1) is 0 Å². The molecule has 6 heteroatoms. The summed E-state index contributed by atoms with van der Waals surface area (Å²) in [6, 6.07) is 17.2. The van der Waals surface area contributed by atoms with Gasteiger partial charge in [0.15, 0.2) is 5.17 Å². The van der Waals surface area contributed by atoms with Gasteiger partial charge in [-0.05, 0) is 73.6 Å². The van der Waals surface area contributed by atoms with Crippen LogP contribution in [0.3, 0.4) is 0 Å². The molecule has 140 valence electrons. The van der Waals surface area contributed by atoms with Gasteiger partial charge < -0.3 is 9.73 Å². The first kappa shape index (κ1) is 18.6. The third-order valence-electron chi connectivity index (χ3n) is 4.25. The van der Waals surface area contributed by atoms with E-state index in [4.69, 9.17) is 16.0 Å². The minimum atomic E-state index is -0.182. The Labute approximate surface area is 172 Å². The fourth-order valence-corrected chi connectivity index (χ4v) is 3.79. The van der Waals surface area contributed by atoms with Crippen LogP contribution in [-0.2, 0) is 4.79 Å². The van der Waals surface area contributed by atoms with Crippen LogP contribution < -0.4 is 5.32 Å². The van der Waals surface area contributed by atoms with Crippen molar-refractivity contribution in [2.75, 3.05) is 0 Å². The van der Waals surface area contributed by atoms with E-state index in [-0.39, 0.29) is 5.91 Å². The minimum Gasteiger partial charge on any atom is -0.457 e. The molecule has 0 saturated carbocycles. The molecular weight excluding hydrogens is 392 g/mol. The minimum absolute atomic E-state index is 0.182. The molecular formula is C22H17ClN2O2S. The number of carbonyl (C=O) groups excluding carboxylic acids is 1. The monoisotopic (exact) mass is 408 g/mol. The molecule has 1 fully saturated rings. The van der Waals surface area contributed by atoms with Gasteiger partial charge in [0.2, 0.25) is 0 Å². The molecule has 3 aromatic rings. The van der Waals surface area contributed by atoms with Gasteiger partial charge in [0.1, 0.15) is 11.5 Å². The van der Waals surface area contributed by atoms with E-state index >= 15 is 0 Å². The van der Waals surface area contributed by atoms with E-state index in [9.17, 15) is 4.79 Å². The van der Waals surface area contributed by atoms with Crippen molar-refractivity contribution >= 4 is 46.2 Å². The summed E-state index contributed by atoms with van der Waals surface area (Å²) in [6.45, 7) is 4.05. The summed E-state index contributed by atoms with van der Waals surface area (Å²) in [7, 11) is 0. The van der Waals surface area contributed by atoms with Crippen molar-refractivity contribution < 1.29 is 9.21 Å². The lowest BCUT2D eigenvalue weighted by molar-refractivity contribution is -0.115. The number of rotatable bonds is 3. The quantitative estimate of drug-likeness (QED) is 0.532. The Bertz CT molecular complexity index is 1110. The number of hydrogen-bond donors (Lipinski definition) is 1. The van der Waals surface area contributed by atoms with Crippen molar-refractivity contribution in [3.8, 4) is 11.3 Å². The average molecular weight is 409 g/mol. The van der Waals surface area contributed by atoms with Crippen molar-refractivity contribution in [1.29, 1.82) is 0 Å². The summed E-state index contributed by atoms with van der Waals surface area (Å²) in [4.78, 5) is 17.4. The standard InChI is InChI=1S/C22H17ClN2O2S/c1-13-3-9-18(14(2)11-13)24-22-25-21(26)20(28-22)12-17-8-10-19(27-17)15-4-6-16(23)7-5-15/h3-12H,1-2H3,(H,24,25,26)/b20-12+. The SMILES string of the molecule is Cc1ccc(N=C2NC(=O)/C(=C\c3ccc(-c4ccc(Cl)cc4)o3)S2)c(C)c1. The fourth-order valence-electron chi connectivity index (χ4n) is 2.85. The van der Waals surface area contributed by atoms with Gasteiger partial charge in [0.25, 0.3) is 5.91 Å². The van der Waals surface area contributed by atoms with Crippen LogP contribution >= 0.6 is 23.4 Å². The predicted octanol–water partition coefficient (Wildman–Crippen LogP) is 6.11. The number of nitrogens with zero attached hydrogens (tertiary/aromatic N) is 1. The highest BCUT2D eigenvalue weighted by molar-refractivity contribution is 8.18. The number of hydrogen-bond acceptors (Lipinski definition) is 4. The van der Waals surface area contributed by atoms with Crippen LogP contribution in [0.4, 0.5) is 5.69 Å². The molecule has 4 nitrogen and oxygen atoms in total. The molecule has 28 heavy (non-hydrogen) atoms. The van der Waals surface area contributed by atoms with E-state index in [1.54, 1.807) is 6.08 Å². The van der Waals surface area contributed by atoms with Crippen LogP contribution in [0, 0.1) is 13.8 Å². The normalized spacial score (nSPS) is 16.8. The number of amidine groups is 1. The first-order valence-electron chi connectivity index (χ1n) is 8.70. The highest BCUT2D eigenvalue weighted by atomic mass is 35.5. The molecule has 1 aromatic heterocycles. The van der Waals surface area contributed by atoms with Crippen LogP contribution in [0.15, 0.2) is 68.9 Å². The van der Waals surface area contributed by atoms with Crippen molar-refractivity contribution in [1.82, 2.24) is 5.32 Å². The maximum atomic E-state index is 12.3. The van der Waals surface area contributed by atoms with E-state index in [1.165, 1.54) is 17.3 Å². The topological polar surface area (TPSA) is 54.6 Å². The molecule has 1 amide bonds. The molecule has 1 aliphatic rings. The molecule has 0 spiro atoms. The van der Waals surface area contributed by atoms with Crippen LogP contribution in [-0.4, -0.2) is 11.1 Å². The lowest BCUT2D eigenvalue weighted by atomic mass is 10.1. The number of carbonyl (C=O) groups is 1. The zero-order valence-corrected chi connectivity index (χ0v) is 16.9. The molecule has 0 unspecified atom stereocenters. The molecule has 4 rings (SSSR count). The van der Waals surface area contributed by atoms with Crippen molar-refractivity contribution in [3.05, 3.63) is 81.4 Å². The second kappa shape index (κ2) is 7.70. The van der Waals surface area contributed by atoms with Gasteiger partial charge in [-0.25, -0.2) is 4.99 Å². The Morgan fingerprint density at radius 3 is 2.61 bits per heavy atom. The molecule has 0 bridgehead atoms. The summed E-state index contributed by atoms with van der Waals surface area (Å²) in [5.74, 6) is 1.14. The Morgan fingerprint density at radius 1 is 1.07 bits per heavy atom. The highest BCUT2D eigenvalue weighted by Gasteiger charge is 2.24. The summed E-state index contributed by atoms with van der Waals surface area (Å²) < 4.78 is 5.85. The fraction of sp³-hybridized carbons (Fsp3) is 0.0909. The zero-order chi connectivity index (χ0) is 19.7. The molecule has 1 aliphatic heterocycles. The maximum absolute atomic E-state index is 12.3. The van der Waals surface area contributed by atoms with Crippen LogP contribution in [0.5, 0.6) is 0 Å². The lowest BCUT2D eigenvalue weighted by Gasteiger charge is -2.02. The summed E-state index contributed by atoms with van der Waals surface area (Å²) in [5, 5.41) is 4.04. The predicted molar refractivity (Wildman–Crippen MR) is 116 cm³/mol. The van der Waals surface area contributed by atoms with Gasteiger partial charge >= 0.3 is 0 Å². The van der Waals surface area contributed by atoms with E-state index in [0.29, 0.717) is 20.9 Å². The second-order valence-electron chi connectivity index (χ2n) is 6.48. The number of thioether (sulfide) groups is 1. The smallest absolute Gasteiger partial charge is 0.264 e. The van der Waals surface area contributed by atoms with E-state index in [2.05, 4.69) is 16.4 Å². The molecule has 0 aliphatic carbocycles. The maximum Gasteiger partial charge on any atom is 0.264 e. The van der Waals surface area contributed by atoms with Gasteiger partial charge in [0.05, 0.1) is 10.6 Å². The Balaban J connectivity index is 1.55. The Kier molecular flexibility index (Phi) is 5.11. The molecule has 2 aromatic carbocycles. The number of furan rings is 1. The first-order valence-corrected chi connectivity index (χ1v) is 9.90. The molecule has 0 radical (unpaired) electrons. The van der Waals surface area contributed by atoms with Gasteiger partial charge in [-0.3, -0.25) is 4.79 Å². The summed E-state index contributed by atoms with van der Waals surface area (Å²) in [5.41, 5.74) is 4.02. The number of aliphatic imine (C=N–C) groups is 1. The van der Waals surface area contributed by atoms with E-state index in [0.717, 1.165) is 22.6 Å². The lowest BCUT2D eigenvalue weighted by Crippen LogP contribution is -2.19. The number of amides is 1. The van der Waals surface area contributed by atoms with Crippen LogP contribution in [0.1, 0.15) is 16.9 Å². The second-order valence-corrected chi connectivity index (χ2v) is 7.95. The molecule has 2 heterocycles. The summed E-state index contributed by atoms with van der Waals surface area (Å²) >= 11 is 7.23. The highest BCUT2D eigenvalue weighted by Crippen LogP contribution is 2.31. The molecule has 0 atom stereocenters. The zero-order valence-electron chi connectivity index (χ0n) is 15.3. The van der Waals surface area contributed by atoms with Gasteiger partial charge in [-0.1, -0.05) is 29.3 Å². The van der Waals surface area contributed by atoms with Crippen molar-refractivity contribution in [2.45, 2.75) is 13.8 Å². The van der Waals surface area contributed by atoms with Crippen LogP contribution in [0.25, 0.3) is 17.4 Å². The number of nitrogens with one attached hydrogen (secondary N) is 1. The first-order chi connectivity index (χ1) is 13.5. The van der Waals surface area contributed by atoms with Gasteiger partial charge in [0, 0.05) is 16.7 Å². The van der Waals surface area contributed by atoms with Crippen LogP contribution in [0.2, 0.25) is 5.02 Å². The Morgan fingerprint density at radius 2 is 1.86 bits per heavy atom. The number of benzene rings is 2. The molecule has 1 N–H and O–H groups in total. The van der Waals surface area contributed by atoms with E-state index < -0.39 is 0 Å². The van der Waals surface area contributed by atoms with Crippen molar-refractivity contribution in [3.63, 3.8) is 0 Å². The third-order valence-corrected chi connectivity index (χ3v) is 5.42. The third kappa shape index (κ3) is 4.06.